The quantitative estimate of drug-likeness (QED) is 0.805. The second-order valence-corrected chi connectivity index (χ2v) is 5.06. The Kier molecular flexibility index (Phi) is 6.16. The SMILES string of the molecule is CCC(NC(C)CN(C)C)c1ccc(OC)cc1. The number of nitrogens with one attached hydrogen (secondary N) is 1. The molecule has 0 heterocycles. The molecular weight excluding hydrogens is 224 g/mol. The molecule has 1 aromatic rings. The van der Waals surface area contributed by atoms with Crippen LogP contribution in [0.4, 0.5) is 0 Å². The third-order valence-electron chi connectivity index (χ3n) is 3.05. The molecule has 0 aliphatic heterocycles. The highest BCUT2D eigenvalue weighted by Crippen LogP contribution is 2.20. The van der Waals surface area contributed by atoms with Gasteiger partial charge in [0.05, 0.1) is 7.11 Å². The van der Waals surface area contributed by atoms with Crippen LogP contribution in [0.3, 0.4) is 0 Å². The monoisotopic (exact) mass is 250 g/mol. The zero-order valence-electron chi connectivity index (χ0n) is 12.2. The van der Waals surface area contributed by atoms with Crippen molar-refractivity contribution in [1.29, 1.82) is 0 Å². The summed E-state index contributed by atoms with van der Waals surface area (Å²) in [6.07, 6.45) is 1.09. The van der Waals surface area contributed by atoms with Gasteiger partial charge in [0.15, 0.2) is 0 Å². The van der Waals surface area contributed by atoms with Crippen molar-refractivity contribution < 1.29 is 4.74 Å². The fourth-order valence-corrected chi connectivity index (χ4v) is 2.23. The lowest BCUT2D eigenvalue weighted by molar-refractivity contribution is 0.326. The topological polar surface area (TPSA) is 24.5 Å². The molecular formula is C15H26N2O. The van der Waals surface area contributed by atoms with Gasteiger partial charge in [-0.3, -0.25) is 0 Å². The smallest absolute Gasteiger partial charge is 0.118 e. The van der Waals surface area contributed by atoms with Gasteiger partial charge in [0.2, 0.25) is 0 Å². The second-order valence-electron chi connectivity index (χ2n) is 5.06. The first-order valence-electron chi connectivity index (χ1n) is 6.61. The van der Waals surface area contributed by atoms with Crippen molar-refractivity contribution in [3.05, 3.63) is 29.8 Å². The van der Waals surface area contributed by atoms with E-state index in [2.05, 4.69) is 50.3 Å². The van der Waals surface area contributed by atoms with Crippen LogP contribution in [0.15, 0.2) is 24.3 Å². The van der Waals surface area contributed by atoms with Gasteiger partial charge in [-0.05, 0) is 45.1 Å². The zero-order chi connectivity index (χ0) is 13.5. The number of benzene rings is 1. The number of methoxy groups -OCH3 is 1. The minimum Gasteiger partial charge on any atom is -0.497 e. The summed E-state index contributed by atoms with van der Waals surface area (Å²) in [4.78, 5) is 2.21. The number of hydrogen-bond donors (Lipinski definition) is 1. The lowest BCUT2D eigenvalue weighted by Gasteiger charge is -2.25. The van der Waals surface area contributed by atoms with Gasteiger partial charge in [0.1, 0.15) is 5.75 Å². The van der Waals surface area contributed by atoms with Crippen molar-refractivity contribution >= 4 is 0 Å². The maximum absolute atomic E-state index is 5.19. The summed E-state index contributed by atoms with van der Waals surface area (Å²) in [7, 11) is 5.91. The molecule has 0 fully saturated rings. The highest BCUT2D eigenvalue weighted by Gasteiger charge is 2.12. The molecule has 1 rings (SSSR count). The number of rotatable bonds is 7. The molecule has 0 amide bonds. The van der Waals surface area contributed by atoms with E-state index >= 15 is 0 Å². The summed E-state index contributed by atoms with van der Waals surface area (Å²) in [6, 6.07) is 9.22. The second kappa shape index (κ2) is 7.39. The molecule has 3 nitrogen and oxygen atoms in total. The molecule has 0 aliphatic rings. The summed E-state index contributed by atoms with van der Waals surface area (Å²) in [6.45, 7) is 5.49. The Labute approximate surface area is 111 Å². The standard InChI is InChI=1S/C15H26N2O/c1-6-15(16-12(2)11-17(3)4)13-7-9-14(18-5)10-8-13/h7-10,12,15-16H,6,11H2,1-5H3. The fourth-order valence-electron chi connectivity index (χ4n) is 2.23. The normalized spacial score (nSPS) is 14.6. The van der Waals surface area contributed by atoms with Gasteiger partial charge in [-0.15, -0.1) is 0 Å². The van der Waals surface area contributed by atoms with E-state index in [0.717, 1.165) is 18.7 Å². The molecule has 0 bridgehead atoms. The van der Waals surface area contributed by atoms with Gasteiger partial charge >= 0.3 is 0 Å². The first-order chi connectivity index (χ1) is 8.56. The van der Waals surface area contributed by atoms with E-state index in [9.17, 15) is 0 Å². The Balaban J connectivity index is 2.64. The highest BCUT2D eigenvalue weighted by molar-refractivity contribution is 5.29. The van der Waals surface area contributed by atoms with E-state index in [1.54, 1.807) is 7.11 Å². The van der Waals surface area contributed by atoms with E-state index in [0.29, 0.717) is 12.1 Å². The van der Waals surface area contributed by atoms with Crippen LogP contribution in [0.2, 0.25) is 0 Å². The largest absolute Gasteiger partial charge is 0.497 e. The van der Waals surface area contributed by atoms with Crippen LogP contribution in [0.5, 0.6) is 5.75 Å². The molecule has 0 radical (unpaired) electrons. The third-order valence-corrected chi connectivity index (χ3v) is 3.05. The lowest BCUT2D eigenvalue weighted by Crippen LogP contribution is -2.37. The predicted molar refractivity (Wildman–Crippen MR) is 77.2 cm³/mol. The Hall–Kier alpha value is -1.06. The van der Waals surface area contributed by atoms with Gasteiger partial charge in [-0.25, -0.2) is 0 Å². The van der Waals surface area contributed by atoms with Crippen molar-refractivity contribution in [3.63, 3.8) is 0 Å². The van der Waals surface area contributed by atoms with Gasteiger partial charge in [0.25, 0.3) is 0 Å². The van der Waals surface area contributed by atoms with Crippen molar-refractivity contribution in [1.82, 2.24) is 10.2 Å². The number of hydrogen-bond acceptors (Lipinski definition) is 3. The molecule has 2 unspecified atom stereocenters. The molecule has 0 aliphatic carbocycles. The maximum atomic E-state index is 5.19. The Bertz CT molecular complexity index is 335. The van der Waals surface area contributed by atoms with E-state index in [-0.39, 0.29) is 0 Å². The van der Waals surface area contributed by atoms with Gasteiger partial charge < -0.3 is 15.0 Å². The molecule has 3 heteroatoms. The molecule has 0 aromatic heterocycles. The van der Waals surface area contributed by atoms with Crippen LogP contribution < -0.4 is 10.1 Å². The first-order valence-corrected chi connectivity index (χ1v) is 6.61. The van der Waals surface area contributed by atoms with Gasteiger partial charge in [-0.2, -0.15) is 0 Å². The molecule has 0 spiro atoms. The minimum absolute atomic E-state index is 0.408. The molecule has 0 saturated carbocycles. The summed E-state index contributed by atoms with van der Waals surface area (Å²) in [5, 5.41) is 3.67. The van der Waals surface area contributed by atoms with Crippen molar-refractivity contribution in [2.45, 2.75) is 32.4 Å². The first kappa shape index (κ1) is 15.0. The average molecular weight is 250 g/mol. The van der Waals surface area contributed by atoms with Crippen LogP contribution >= 0.6 is 0 Å². The third kappa shape index (κ3) is 4.67. The summed E-state index contributed by atoms with van der Waals surface area (Å²) in [5.41, 5.74) is 1.32. The van der Waals surface area contributed by atoms with E-state index < -0.39 is 0 Å². The highest BCUT2D eigenvalue weighted by atomic mass is 16.5. The van der Waals surface area contributed by atoms with Gasteiger partial charge in [-0.1, -0.05) is 19.1 Å². The number of ether oxygens (including phenoxy) is 1. The zero-order valence-corrected chi connectivity index (χ0v) is 12.2. The summed E-state index contributed by atoms with van der Waals surface area (Å²) < 4.78 is 5.19. The lowest BCUT2D eigenvalue weighted by atomic mass is 10.0. The summed E-state index contributed by atoms with van der Waals surface area (Å²) in [5.74, 6) is 0.912. The Morgan fingerprint density at radius 3 is 2.28 bits per heavy atom. The molecule has 102 valence electrons. The molecule has 18 heavy (non-hydrogen) atoms. The van der Waals surface area contributed by atoms with Crippen molar-refractivity contribution in [3.8, 4) is 5.75 Å². The van der Waals surface area contributed by atoms with Crippen LogP contribution in [0.25, 0.3) is 0 Å². The summed E-state index contributed by atoms with van der Waals surface area (Å²) >= 11 is 0. The molecule has 1 aromatic carbocycles. The van der Waals surface area contributed by atoms with E-state index in [1.807, 2.05) is 12.1 Å². The van der Waals surface area contributed by atoms with Gasteiger partial charge in [0, 0.05) is 18.6 Å². The average Bonchev–Trinajstić information content (AvgIpc) is 2.35. The van der Waals surface area contributed by atoms with E-state index in [4.69, 9.17) is 4.74 Å². The Morgan fingerprint density at radius 1 is 1.22 bits per heavy atom. The molecule has 2 atom stereocenters. The number of likely N-dealkylation sites (N-methyl/N-ethyl adjacent to an activating group) is 1. The Morgan fingerprint density at radius 2 is 1.83 bits per heavy atom. The van der Waals surface area contributed by atoms with Crippen molar-refractivity contribution in [2.24, 2.45) is 0 Å². The molecule has 1 N–H and O–H groups in total. The van der Waals surface area contributed by atoms with Crippen LogP contribution in [-0.4, -0.2) is 38.7 Å². The van der Waals surface area contributed by atoms with Crippen molar-refractivity contribution in [2.75, 3.05) is 27.7 Å². The van der Waals surface area contributed by atoms with Crippen LogP contribution in [0.1, 0.15) is 31.9 Å². The number of nitrogens with zero attached hydrogens (tertiary/aromatic N) is 1. The maximum Gasteiger partial charge on any atom is 0.118 e. The fraction of sp³-hybridized carbons (Fsp3) is 0.600. The molecule has 0 saturated heterocycles. The minimum atomic E-state index is 0.408. The predicted octanol–water partition coefficient (Wildman–Crippen LogP) is 2.69. The van der Waals surface area contributed by atoms with Crippen LogP contribution in [-0.2, 0) is 0 Å². The van der Waals surface area contributed by atoms with E-state index in [1.165, 1.54) is 5.56 Å². The van der Waals surface area contributed by atoms with Crippen LogP contribution in [0, 0.1) is 0 Å².